The zero-order chi connectivity index (χ0) is 12.4. The van der Waals surface area contributed by atoms with E-state index in [1.165, 1.54) is 11.1 Å². The van der Waals surface area contributed by atoms with Gasteiger partial charge in [0, 0.05) is 19.6 Å². The number of carbonyl (C=O) groups is 1. The van der Waals surface area contributed by atoms with Crippen molar-refractivity contribution in [1.82, 2.24) is 10.2 Å². The molecule has 0 unspecified atom stereocenters. The minimum atomic E-state index is 0.198. The predicted octanol–water partition coefficient (Wildman–Crippen LogP) is 1.57. The van der Waals surface area contributed by atoms with E-state index in [0.717, 1.165) is 45.4 Å². The minimum Gasteiger partial charge on any atom is -0.338 e. The first-order chi connectivity index (χ1) is 8.84. The van der Waals surface area contributed by atoms with Crippen LogP contribution in [0.3, 0.4) is 0 Å². The number of rotatable bonds is 1. The molecule has 0 bridgehead atoms. The third kappa shape index (κ3) is 2.27. The quantitative estimate of drug-likeness (QED) is 0.813. The molecule has 2 aliphatic rings. The van der Waals surface area contributed by atoms with Crippen LogP contribution in [0, 0.1) is 5.92 Å². The summed E-state index contributed by atoms with van der Waals surface area (Å²) < 4.78 is 0. The zero-order valence-corrected chi connectivity index (χ0v) is 10.7. The molecule has 0 saturated carbocycles. The lowest BCUT2D eigenvalue weighted by molar-refractivity contribution is -0.137. The molecule has 0 aliphatic carbocycles. The molecule has 18 heavy (non-hydrogen) atoms. The smallest absolute Gasteiger partial charge is 0.227 e. The molecular formula is C15H20N2O. The zero-order valence-electron chi connectivity index (χ0n) is 10.7. The van der Waals surface area contributed by atoms with E-state index in [4.69, 9.17) is 0 Å². The van der Waals surface area contributed by atoms with Crippen LogP contribution in [0.5, 0.6) is 0 Å². The number of fused-ring (bicyclic) bond motifs is 1. The van der Waals surface area contributed by atoms with Crippen molar-refractivity contribution >= 4 is 5.91 Å². The second-order valence-electron chi connectivity index (χ2n) is 5.32. The van der Waals surface area contributed by atoms with Crippen molar-refractivity contribution in [2.75, 3.05) is 19.6 Å². The Morgan fingerprint density at radius 2 is 2.11 bits per heavy atom. The van der Waals surface area contributed by atoms with Gasteiger partial charge in [0.2, 0.25) is 5.91 Å². The summed E-state index contributed by atoms with van der Waals surface area (Å²) in [5, 5.41) is 3.33. The molecule has 1 N–H and O–H groups in total. The fourth-order valence-electron chi connectivity index (χ4n) is 3.00. The van der Waals surface area contributed by atoms with Crippen molar-refractivity contribution in [2.45, 2.75) is 25.8 Å². The molecule has 96 valence electrons. The van der Waals surface area contributed by atoms with Gasteiger partial charge in [0.25, 0.3) is 0 Å². The Bertz CT molecular complexity index is 438. The van der Waals surface area contributed by atoms with Gasteiger partial charge in [-0.25, -0.2) is 0 Å². The highest BCUT2D eigenvalue weighted by atomic mass is 16.2. The normalized spacial score (nSPS) is 23.6. The predicted molar refractivity (Wildman–Crippen MR) is 71.2 cm³/mol. The summed E-state index contributed by atoms with van der Waals surface area (Å²) in [6.45, 7) is 3.60. The third-order valence-corrected chi connectivity index (χ3v) is 4.09. The van der Waals surface area contributed by atoms with E-state index >= 15 is 0 Å². The van der Waals surface area contributed by atoms with E-state index in [9.17, 15) is 4.79 Å². The highest BCUT2D eigenvalue weighted by Gasteiger charge is 2.27. The van der Waals surface area contributed by atoms with E-state index in [-0.39, 0.29) is 5.92 Å². The highest BCUT2D eigenvalue weighted by molar-refractivity contribution is 5.79. The molecule has 0 aromatic heterocycles. The first-order valence-electron chi connectivity index (χ1n) is 6.91. The van der Waals surface area contributed by atoms with Crippen molar-refractivity contribution in [2.24, 2.45) is 5.92 Å². The maximum atomic E-state index is 12.4. The maximum absolute atomic E-state index is 12.4. The molecular weight excluding hydrogens is 224 g/mol. The van der Waals surface area contributed by atoms with Gasteiger partial charge in [0.15, 0.2) is 0 Å². The number of hydrogen-bond donors (Lipinski definition) is 1. The lowest BCUT2D eigenvalue weighted by Crippen LogP contribution is -2.44. The van der Waals surface area contributed by atoms with Crippen molar-refractivity contribution < 1.29 is 4.79 Å². The van der Waals surface area contributed by atoms with Crippen molar-refractivity contribution in [3.05, 3.63) is 35.4 Å². The Morgan fingerprint density at radius 3 is 2.89 bits per heavy atom. The van der Waals surface area contributed by atoms with Crippen LogP contribution in [0.15, 0.2) is 24.3 Å². The molecule has 0 radical (unpaired) electrons. The highest BCUT2D eigenvalue weighted by Crippen LogP contribution is 2.21. The van der Waals surface area contributed by atoms with Crippen LogP contribution >= 0.6 is 0 Å². The summed E-state index contributed by atoms with van der Waals surface area (Å²) in [4.78, 5) is 14.5. The van der Waals surface area contributed by atoms with Gasteiger partial charge in [0.05, 0.1) is 5.92 Å². The first-order valence-corrected chi connectivity index (χ1v) is 6.91. The average molecular weight is 244 g/mol. The molecule has 2 heterocycles. The van der Waals surface area contributed by atoms with Crippen LogP contribution in [0.1, 0.15) is 24.0 Å². The van der Waals surface area contributed by atoms with Crippen LogP contribution in [-0.4, -0.2) is 30.4 Å². The molecule has 3 nitrogen and oxygen atoms in total. The number of carbonyl (C=O) groups excluding carboxylic acids is 1. The molecule has 3 heteroatoms. The average Bonchev–Trinajstić information content (AvgIpc) is 2.47. The number of amides is 1. The third-order valence-electron chi connectivity index (χ3n) is 4.09. The summed E-state index contributed by atoms with van der Waals surface area (Å²) in [6.07, 6.45) is 3.17. The van der Waals surface area contributed by atoms with Crippen molar-refractivity contribution in [3.63, 3.8) is 0 Å². The number of nitrogens with zero attached hydrogens (tertiary/aromatic N) is 1. The second-order valence-corrected chi connectivity index (χ2v) is 5.32. The Balaban J connectivity index is 1.69. The molecule has 1 aromatic carbocycles. The summed E-state index contributed by atoms with van der Waals surface area (Å²) in [6, 6.07) is 8.48. The van der Waals surface area contributed by atoms with E-state index < -0.39 is 0 Å². The van der Waals surface area contributed by atoms with Crippen LogP contribution in [0.25, 0.3) is 0 Å². The second kappa shape index (κ2) is 5.11. The Hall–Kier alpha value is -1.35. The summed E-state index contributed by atoms with van der Waals surface area (Å²) >= 11 is 0. The topological polar surface area (TPSA) is 32.3 Å². The van der Waals surface area contributed by atoms with E-state index in [2.05, 4.69) is 29.6 Å². The van der Waals surface area contributed by atoms with Crippen molar-refractivity contribution in [1.29, 1.82) is 0 Å². The molecule has 1 amide bonds. The number of hydrogen-bond acceptors (Lipinski definition) is 2. The molecule has 3 rings (SSSR count). The van der Waals surface area contributed by atoms with Gasteiger partial charge in [0.1, 0.15) is 0 Å². The number of nitrogens with one attached hydrogen (secondary N) is 1. The SMILES string of the molecule is O=C([C@H]1CCCNC1)N1CCc2ccccc2C1. The molecule has 2 aliphatic heterocycles. The van der Waals surface area contributed by atoms with E-state index in [1.807, 2.05) is 4.90 Å². The van der Waals surface area contributed by atoms with E-state index in [1.54, 1.807) is 0 Å². The van der Waals surface area contributed by atoms with Gasteiger partial charge >= 0.3 is 0 Å². The lowest BCUT2D eigenvalue weighted by Gasteiger charge is -2.33. The van der Waals surface area contributed by atoms with Crippen LogP contribution < -0.4 is 5.32 Å². The fourth-order valence-corrected chi connectivity index (χ4v) is 3.00. The summed E-state index contributed by atoms with van der Waals surface area (Å²) in [5.41, 5.74) is 2.73. The van der Waals surface area contributed by atoms with Gasteiger partial charge in [-0.2, -0.15) is 0 Å². The standard InChI is InChI=1S/C15H20N2O/c18-15(13-6-3-8-16-10-13)17-9-7-12-4-1-2-5-14(12)11-17/h1-2,4-5,13,16H,3,6-11H2/t13-/m0/s1. The molecule has 0 spiro atoms. The minimum absolute atomic E-state index is 0.198. The molecule has 1 aromatic rings. The largest absolute Gasteiger partial charge is 0.338 e. The summed E-state index contributed by atoms with van der Waals surface area (Å²) in [5.74, 6) is 0.542. The Kier molecular flexibility index (Phi) is 3.33. The van der Waals surface area contributed by atoms with Crippen molar-refractivity contribution in [3.8, 4) is 0 Å². The lowest BCUT2D eigenvalue weighted by atomic mass is 9.95. The Morgan fingerprint density at radius 1 is 1.28 bits per heavy atom. The molecule has 1 atom stereocenters. The summed E-state index contributed by atoms with van der Waals surface area (Å²) in [7, 11) is 0. The van der Waals surface area contributed by atoms with Crippen LogP contribution in [0.2, 0.25) is 0 Å². The van der Waals surface area contributed by atoms with Gasteiger partial charge < -0.3 is 10.2 Å². The fraction of sp³-hybridized carbons (Fsp3) is 0.533. The van der Waals surface area contributed by atoms with Gasteiger partial charge in [-0.15, -0.1) is 0 Å². The van der Waals surface area contributed by atoms with Gasteiger partial charge in [-0.1, -0.05) is 24.3 Å². The maximum Gasteiger partial charge on any atom is 0.227 e. The monoisotopic (exact) mass is 244 g/mol. The first kappa shape index (κ1) is 11.7. The number of benzene rings is 1. The molecule has 1 saturated heterocycles. The van der Waals surface area contributed by atoms with Gasteiger partial charge in [-0.05, 0) is 36.9 Å². The molecule has 1 fully saturated rings. The van der Waals surface area contributed by atoms with Gasteiger partial charge in [-0.3, -0.25) is 4.79 Å². The number of piperidine rings is 1. The van der Waals surface area contributed by atoms with E-state index in [0.29, 0.717) is 5.91 Å². The van der Waals surface area contributed by atoms with Crippen LogP contribution in [0.4, 0.5) is 0 Å². The van der Waals surface area contributed by atoms with Crippen LogP contribution in [-0.2, 0) is 17.8 Å². The Labute approximate surface area is 108 Å².